The first kappa shape index (κ1) is 11.7. The zero-order valence-corrected chi connectivity index (χ0v) is 10.5. The van der Waals surface area contributed by atoms with E-state index in [9.17, 15) is 9.90 Å². The number of carboxylic acid groups (broad SMARTS) is 1. The number of para-hydroxylation sites is 2. The fourth-order valence-electron chi connectivity index (χ4n) is 2.04. The Morgan fingerprint density at radius 3 is 2.79 bits per heavy atom. The van der Waals surface area contributed by atoms with Gasteiger partial charge in [-0.1, -0.05) is 23.7 Å². The van der Waals surface area contributed by atoms with E-state index in [4.69, 9.17) is 11.6 Å². The van der Waals surface area contributed by atoms with Gasteiger partial charge in [0.2, 0.25) is 0 Å². The molecule has 3 aromatic rings. The normalized spacial score (nSPS) is 10.8. The summed E-state index contributed by atoms with van der Waals surface area (Å²) in [6, 6.07) is 12.3. The van der Waals surface area contributed by atoms with E-state index in [1.807, 2.05) is 24.3 Å². The van der Waals surface area contributed by atoms with Crippen LogP contribution in [-0.2, 0) is 0 Å². The molecule has 0 saturated heterocycles. The van der Waals surface area contributed by atoms with E-state index in [1.54, 1.807) is 23.0 Å². The molecule has 1 heterocycles. The van der Waals surface area contributed by atoms with Crippen LogP contribution >= 0.6 is 11.6 Å². The van der Waals surface area contributed by atoms with E-state index in [0.29, 0.717) is 10.7 Å². The quantitative estimate of drug-likeness (QED) is 0.778. The Morgan fingerprint density at radius 2 is 2.00 bits per heavy atom. The first-order chi connectivity index (χ1) is 9.16. The second kappa shape index (κ2) is 4.40. The van der Waals surface area contributed by atoms with Crippen LogP contribution in [0.15, 0.2) is 48.8 Å². The molecular formula is C14H9ClN2O2. The summed E-state index contributed by atoms with van der Waals surface area (Å²) in [5.41, 5.74) is 2.36. The van der Waals surface area contributed by atoms with Crippen molar-refractivity contribution in [3.05, 3.63) is 59.4 Å². The summed E-state index contributed by atoms with van der Waals surface area (Å²) < 4.78 is 1.75. The largest absolute Gasteiger partial charge is 0.478 e. The molecule has 0 bridgehead atoms. The van der Waals surface area contributed by atoms with Crippen molar-refractivity contribution in [2.45, 2.75) is 0 Å². The van der Waals surface area contributed by atoms with Gasteiger partial charge in [-0.25, -0.2) is 9.78 Å². The standard InChI is InChI=1S/C14H9ClN2O2/c15-9-5-6-12(10(7-9)14(18)19)17-8-16-11-3-1-2-4-13(11)17/h1-8H,(H,18,19). The molecule has 19 heavy (non-hydrogen) atoms. The van der Waals surface area contributed by atoms with Crippen LogP contribution in [0.4, 0.5) is 0 Å². The van der Waals surface area contributed by atoms with Crippen molar-refractivity contribution in [1.29, 1.82) is 0 Å². The number of hydrogen-bond acceptors (Lipinski definition) is 2. The van der Waals surface area contributed by atoms with Crippen molar-refractivity contribution in [3.63, 3.8) is 0 Å². The molecule has 0 fully saturated rings. The lowest BCUT2D eigenvalue weighted by molar-refractivity contribution is 0.0697. The van der Waals surface area contributed by atoms with Crippen LogP contribution < -0.4 is 0 Å². The number of carbonyl (C=O) groups is 1. The van der Waals surface area contributed by atoms with Gasteiger partial charge in [-0.3, -0.25) is 4.57 Å². The van der Waals surface area contributed by atoms with E-state index in [1.165, 1.54) is 6.07 Å². The second-order valence-corrected chi connectivity index (χ2v) is 4.51. The van der Waals surface area contributed by atoms with Gasteiger partial charge in [0.05, 0.1) is 22.3 Å². The van der Waals surface area contributed by atoms with Crippen molar-refractivity contribution >= 4 is 28.6 Å². The van der Waals surface area contributed by atoms with Gasteiger partial charge in [0.1, 0.15) is 6.33 Å². The maximum absolute atomic E-state index is 11.3. The van der Waals surface area contributed by atoms with Crippen molar-refractivity contribution in [1.82, 2.24) is 9.55 Å². The van der Waals surface area contributed by atoms with Crippen molar-refractivity contribution < 1.29 is 9.90 Å². The molecule has 0 aliphatic heterocycles. The molecule has 0 radical (unpaired) electrons. The summed E-state index contributed by atoms with van der Waals surface area (Å²) in [6.07, 6.45) is 1.61. The van der Waals surface area contributed by atoms with E-state index in [0.717, 1.165) is 11.0 Å². The Labute approximate surface area is 113 Å². The molecule has 5 heteroatoms. The van der Waals surface area contributed by atoms with E-state index in [2.05, 4.69) is 4.98 Å². The van der Waals surface area contributed by atoms with Crippen molar-refractivity contribution in [3.8, 4) is 5.69 Å². The minimum Gasteiger partial charge on any atom is -0.478 e. The minimum absolute atomic E-state index is 0.149. The summed E-state index contributed by atoms with van der Waals surface area (Å²) in [6.45, 7) is 0. The zero-order chi connectivity index (χ0) is 13.4. The lowest BCUT2D eigenvalue weighted by atomic mass is 10.1. The number of rotatable bonds is 2. The van der Waals surface area contributed by atoms with Gasteiger partial charge in [0.25, 0.3) is 0 Å². The monoisotopic (exact) mass is 272 g/mol. The summed E-state index contributed by atoms with van der Waals surface area (Å²) in [5, 5.41) is 9.66. The van der Waals surface area contributed by atoms with Crippen molar-refractivity contribution in [2.24, 2.45) is 0 Å². The number of aromatic nitrogens is 2. The molecule has 1 aromatic heterocycles. The first-order valence-electron chi connectivity index (χ1n) is 5.62. The Morgan fingerprint density at radius 1 is 1.21 bits per heavy atom. The number of imidazole rings is 1. The number of carboxylic acids is 1. The van der Waals surface area contributed by atoms with Gasteiger partial charge >= 0.3 is 5.97 Å². The first-order valence-corrected chi connectivity index (χ1v) is 6.00. The van der Waals surface area contributed by atoms with Gasteiger partial charge in [0.15, 0.2) is 0 Å². The molecule has 94 valence electrons. The zero-order valence-electron chi connectivity index (χ0n) is 9.75. The van der Waals surface area contributed by atoms with Crippen molar-refractivity contribution in [2.75, 3.05) is 0 Å². The van der Waals surface area contributed by atoms with Gasteiger partial charge in [-0.05, 0) is 30.3 Å². The van der Waals surface area contributed by atoms with Gasteiger partial charge in [-0.15, -0.1) is 0 Å². The van der Waals surface area contributed by atoms with Gasteiger partial charge in [0, 0.05) is 5.02 Å². The predicted octanol–water partition coefficient (Wildman–Crippen LogP) is 3.38. The predicted molar refractivity (Wildman–Crippen MR) is 73.0 cm³/mol. The maximum atomic E-state index is 11.3. The van der Waals surface area contributed by atoms with Crippen LogP contribution in [0, 0.1) is 0 Å². The second-order valence-electron chi connectivity index (χ2n) is 4.07. The summed E-state index contributed by atoms with van der Waals surface area (Å²) in [7, 11) is 0. The molecule has 0 aliphatic carbocycles. The number of hydrogen-bond donors (Lipinski definition) is 1. The average molecular weight is 273 g/mol. The van der Waals surface area contributed by atoms with Crippen LogP contribution in [0.5, 0.6) is 0 Å². The summed E-state index contributed by atoms with van der Waals surface area (Å²) in [5.74, 6) is -1.02. The highest BCUT2D eigenvalue weighted by Crippen LogP contribution is 2.23. The molecular weight excluding hydrogens is 264 g/mol. The number of benzene rings is 2. The van der Waals surface area contributed by atoms with E-state index >= 15 is 0 Å². The topological polar surface area (TPSA) is 55.1 Å². The van der Waals surface area contributed by atoms with E-state index < -0.39 is 5.97 Å². The SMILES string of the molecule is O=C(O)c1cc(Cl)ccc1-n1cnc2ccccc21. The maximum Gasteiger partial charge on any atom is 0.337 e. The van der Waals surface area contributed by atoms with Crippen LogP contribution in [0.25, 0.3) is 16.7 Å². The Hall–Kier alpha value is -2.33. The highest BCUT2D eigenvalue weighted by Gasteiger charge is 2.14. The number of halogens is 1. The smallest absolute Gasteiger partial charge is 0.337 e. The Bertz CT molecular complexity index is 780. The number of aromatic carboxylic acids is 1. The molecule has 0 saturated carbocycles. The lowest BCUT2D eigenvalue weighted by Gasteiger charge is -2.08. The minimum atomic E-state index is -1.02. The van der Waals surface area contributed by atoms with E-state index in [-0.39, 0.29) is 5.56 Å². The molecule has 2 aromatic carbocycles. The van der Waals surface area contributed by atoms with Crippen LogP contribution in [0.1, 0.15) is 10.4 Å². The molecule has 0 atom stereocenters. The third kappa shape index (κ3) is 1.96. The third-order valence-corrected chi connectivity index (χ3v) is 3.14. The summed E-state index contributed by atoms with van der Waals surface area (Å²) in [4.78, 5) is 15.6. The van der Waals surface area contributed by atoms with Gasteiger partial charge < -0.3 is 5.11 Å². The van der Waals surface area contributed by atoms with Gasteiger partial charge in [-0.2, -0.15) is 0 Å². The molecule has 1 N–H and O–H groups in total. The molecule has 0 aliphatic rings. The molecule has 0 amide bonds. The van der Waals surface area contributed by atoms with Crippen LogP contribution in [0.2, 0.25) is 5.02 Å². The average Bonchev–Trinajstić information content (AvgIpc) is 2.82. The highest BCUT2D eigenvalue weighted by atomic mass is 35.5. The third-order valence-electron chi connectivity index (χ3n) is 2.90. The van der Waals surface area contributed by atoms with Crippen LogP contribution in [0.3, 0.4) is 0 Å². The summed E-state index contributed by atoms with van der Waals surface area (Å²) >= 11 is 5.85. The molecule has 0 unspecified atom stereocenters. The highest BCUT2D eigenvalue weighted by molar-refractivity contribution is 6.31. The molecule has 4 nitrogen and oxygen atoms in total. The Balaban J connectivity index is 2.30. The molecule has 0 spiro atoms. The number of nitrogens with zero attached hydrogens (tertiary/aromatic N) is 2. The Kier molecular flexibility index (Phi) is 2.72. The lowest BCUT2D eigenvalue weighted by Crippen LogP contribution is -2.04. The number of fused-ring (bicyclic) bond motifs is 1. The molecule has 3 rings (SSSR count). The fraction of sp³-hybridized carbons (Fsp3) is 0. The van der Waals surface area contributed by atoms with Crippen LogP contribution in [-0.4, -0.2) is 20.6 Å². The fourth-order valence-corrected chi connectivity index (χ4v) is 2.21.